The first-order valence-electron chi connectivity index (χ1n) is 3.78. The summed E-state index contributed by atoms with van der Waals surface area (Å²) in [4.78, 5) is 4.26. The van der Waals surface area contributed by atoms with Gasteiger partial charge in [0.25, 0.3) is 0 Å². The molecule has 0 fully saturated rings. The first kappa shape index (κ1) is 8.20. The standard InChI is InChI=1S/C8H9ClN2S/c9-8-5-4-12-2-1-7(5)11-3-6(8)10/h3H,1-2,4,10H2. The molecule has 0 amide bonds. The average molecular weight is 201 g/mol. The molecule has 4 heteroatoms. The number of thioether (sulfide) groups is 1. The lowest BCUT2D eigenvalue weighted by atomic mass is 10.1. The Kier molecular flexibility index (Phi) is 2.15. The van der Waals surface area contributed by atoms with Crippen LogP contribution in [0.4, 0.5) is 5.69 Å². The van der Waals surface area contributed by atoms with Gasteiger partial charge in [-0.05, 0) is 12.2 Å². The third-order valence-electron chi connectivity index (χ3n) is 1.96. The van der Waals surface area contributed by atoms with Gasteiger partial charge in [0.15, 0.2) is 0 Å². The monoisotopic (exact) mass is 200 g/mol. The van der Waals surface area contributed by atoms with E-state index in [1.807, 2.05) is 11.8 Å². The number of nitrogens with zero attached hydrogens (tertiary/aromatic N) is 1. The van der Waals surface area contributed by atoms with Gasteiger partial charge in [0.2, 0.25) is 0 Å². The zero-order chi connectivity index (χ0) is 8.55. The maximum Gasteiger partial charge on any atom is 0.0709 e. The Morgan fingerprint density at radius 1 is 1.58 bits per heavy atom. The topological polar surface area (TPSA) is 38.9 Å². The maximum absolute atomic E-state index is 6.03. The highest BCUT2D eigenvalue weighted by Crippen LogP contribution is 2.32. The van der Waals surface area contributed by atoms with E-state index in [2.05, 4.69) is 4.98 Å². The number of aryl methyl sites for hydroxylation is 1. The Labute approximate surface area is 80.5 Å². The molecule has 2 N–H and O–H groups in total. The summed E-state index contributed by atoms with van der Waals surface area (Å²) >= 11 is 7.91. The summed E-state index contributed by atoms with van der Waals surface area (Å²) in [5.74, 6) is 2.09. The van der Waals surface area contributed by atoms with Gasteiger partial charge in [-0.2, -0.15) is 11.8 Å². The molecular weight excluding hydrogens is 192 g/mol. The van der Waals surface area contributed by atoms with Gasteiger partial charge in [-0.15, -0.1) is 0 Å². The zero-order valence-electron chi connectivity index (χ0n) is 6.51. The second-order valence-corrected chi connectivity index (χ2v) is 4.24. The Balaban J connectivity index is 2.54. The number of nitrogen functional groups attached to an aromatic ring is 1. The van der Waals surface area contributed by atoms with Crippen molar-refractivity contribution in [1.82, 2.24) is 4.98 Å². The van der Waals surface area contributed by atoms with E-state index in [0.29, 0.717) is 10.7 Å². The molecule has 0 bridgehead atoms. The summed E-state index contributed by atoms with van der Waals surface area (Å²) in [7, 11) is 0. The molecule has 2 heterocycles. The van der Waals surface area contributed by atoms with Crippen molar-refractivity contribution < 1.29 is 0 Å². The van der Waals surface area contributed by atoms with Gasteiger partial charge in [-0.1, -0.05) is 11.6 Å². The van der Waals surface area contributed by atoms with Crippen LogP contribution in [-0.2, 0) is 12.2 Å². The van der Waals surface area contributed by atoms with Crippen molar-refractivity contribution >= 4 is 29.1 Å². The third kappa shape index (κ3) is 1.27. The van der Waals surface area contributed by atoms with Crippen molar-refractivity contribution in [2.24, 2.45) is 0 Å². The molecule has 0 spiro atoms. The molecule has 1 aromatic heterocycles. The van der Waals surface area contributed by atoms with Crippen molar-refractivity contribution in [2.75, 3.05) is 11.5 Å². The first-order chi connectivity index (χ1) is 5.79. The van der Waals surface area contributed by atoms with E-state index in [-0.39, 0.29) is 0 Å². The highest BCUT2D eigenvalue weighted by atomic mass is 35.5. The zero-order valence-corrected chi connectivity index (χ0v) is 8.08. The molecule has 0 saturated heterocycles. The van der Waals surface area contributed by atoms with Crippen LogP contribution >= 0.6 is 23.4 Å². The fraction of sp³-hybridized carbons (Fsp3) is 0.375. The number of fused-ring (bicyclic) bond motifs is 1. The minimum Gasteiger partial charge on any atom is -0.396 e. The Morgan fingerprint density at radius 2 is 2.42 bits per heavy atom. The number of hydrogen-bond donors (Lipinski definition) is 1. The van der Waals surface area contributed by atoms with Crippen LogP contribution in [0, 0.1) is 0 Å². The molecule has 2 rings (SSSR count). The van der Waals surface area contributed by atoms with Gasteiger partial charge in [0.1, 0.15) is 0 Å². The number of pyridine rings is 1. The quantitative estimate of drug-likeness (QED) is 0.697. The lowest BCUT2D eigenvalue weighted by Gasteiger charge is -2.16. The van der Waals surface area contributed by atoms with Crippen LogP contribution in [0.2, 0.25) is 5.02 Å². The molecule has 1 aliphatic heterocycles. The predicted molar refractivity (Wildman–Crippen MR) is 53.5 cm³/mol. The van der Waals surface area contributed by atoms with E-state index in [9.17, 15) is 0 Å². The van der Waals surface area contributed by atoms with Crippen molar-refractivity contribution in [2.45, 2.75) is 12.2 Å². The summed E-state index contributed by atoms with van der Waals surface area (Å²) < 4.78 is 0. The van der Waals surface area contributed by atoms with Crippen LogP contribution in [-0.4, -0.2) is 10.7 Å². The molecule has 0 saturated carbocycles. The Bertz CT molecular complexity index is 314. The highest BCUT2D eigenvalue weighted by Gasteiger charge is 2.15. The lowest BCUT2D eigenvalue weighted by Crippen LogP contribution is -2.07. The van der Waals surface area contributed by atoms with Gasteiger partial charge < -0.3 is 5.73 Å². The molecule has 0 aromatic carbocycles. The Hall–Kier alpha value is -0.410. The number of anilines is 1. The third-order valence-corrected chi connectivity index (χ3v) is 3.39. The lowest BCUT2D eigenvalue weighted by molar-refractivity contribution is 0.994. The molecule has 1 aromatic rings. The van der Waals surface area contributed by atoms with Crippen LogP contribution in [0.1, 0.15) is 11.3 Å². The van der Waals surface area contributed by atoms with Crippen molar-refractivity contribution in [3.8, 4) is 0 Å². The van der Waals surface area contributed by atoms with Crippen LogP contribution in [0.3, 0.4) is 0 Å². The van der Waals surface area contributed by atoms with E-state index in [4.69, 9.17) is 17.3 Å². The normalized spacial score (nSPS) is 15.8. The highest BCUT2D eigenvalue weighted by molar-refractivity contribution is 7.98. The molecular formula is C8H9ClN2S. The van der Waals surface area contributed by atoms with E-state index in [1.165, 1.54) is 0 Å². The van der Waals surface area contributed by atoms with Gasteiger partial charge in [0.05, 0.1) is 16.9 Å². The fourth-order valence-electron chi connectivity index (χ4n) is 1.29. The predicted octanol–water partition coefficient (Wildman–Crippen LogP) is 2.11. The second-order valence-electron chi connectivity index (χ2n) is 2.76. The largest absolute Gasteiger partial charge is 0.396 e. The van der Waals surface area contributed by atoms with Gasteiger partial charge >= 0.3 is 0 Å². The van der Waals surface area contributed by atoms with E-state index < -0.39 is 0 Å². The van der Waals surface area contributed by atoms with E-state index in [1.54, 1.807) is 6.20 Å². The summed E-state index contributed by atoms with van der Waals surface area (Å²) in [6.07, 6.45) is 2.66. The molecule has 64 valence electrons. The minimum atomic E-state index is 0.595. The van der Waals surface area contributed by atoms with Crippen LogP contribution < -0.4 is 5.73 Å². The second kappa shape index (κ2) is 3.15. The van der Waals surface area contributed by atoms with Crippen LogP contribution in [0.25, 0.3) is 0 Å². The van der Waals surface area contributed by atoms with Crippen LogP contribution in [0.5, 0.6) is 0 Å². The molecule has 0 aliphatic carbocycles. The summed E-state index contributed by atoms with van der Waals surface area (Å²) in [5, 5.41) is 0.701. The van der Waals surface area contributed by atoms with Crippen LogP contribution in [0.15, 0.2) is 6.20 Å². The number of aromatic nitrogens is 1. The maximum atomic E-state index is 6.03. The van der Waals surface area contributed by atoms with E-state index in [0.717, 1.165) is 29.2 Å². The SMILES string of the molecule is Nc1cnc2c(c1Cl)CSCC2. The molecule has 0 radical (unpaired) electrons. The summed E-state index contributed by atoms with van der Waals surface area (Å²) in [5.41, 5.74) is 8.49. The number of rotatable bonds is 0. The van der Waals surface area contributed by atoms with Crippen molar-refractivity contribution in [1.29, 1.82) is 0 Å². The molecule has 2 nitrogen and oxygen atoms in total. The summed E-state index contributed by atoms with van der Waals surface area (Å²) in [6.45, 7) is 0. The molecule has 0 unspecified atom stereocenters. The van der Waals surface area contributed by atoms with Crippen molar-refractivity contribution in [3.05, 3.63) is 22.5 Å². The van der Waals surface area contributed by atoms with Gasteiger partial charge in [-0.25, -0.2) is 0 Å². The number of halogens is 1. The molecule has 1 aliphatic rings. The van der Waals surface area contributed by atoms with Gasteiger partial charge in [-0.3, -0.25) is 4.98 Å². The van der Waals surface area contributed by atoms with Gasteiger partial charge in [0, 0.05) is 17.0 Å². The number of nitrogens with two attached hydrogens (primary N) is 1. The Morgan fingerprint density at radius 3 is 3.25 bits per heavy atom. The first-order valence-corrected chi connectivity index (χ1v) is 5.32. The average Bonchev–Trinajstić information content (AvgIpc) is 2.12. The minimum absolute atomic E-state index is 0.595. The smallest absolute Gasteiger partial charge is 0.0709 e. The summed E-state index contributed by atoms with van der Waals surface area (Å²) in [6, 6.07) is 0. The van der Waals surface area contributed by atoms with E-state index >= 15 is 0 Å². The van der Waals surface area contributed by atoms with Crippen molar-refractivity contribution in [3.63, 3.8) is 0 Å². The fourth-order valence-corrected chi connectivity index (χ4v) is 2.59. The molecule has 12 heavy (non-hydrogen) atoms. The molecule has 0 atom stereocenters. The number of hydrogen-bond acceptors (Lipinski definition) is 3.